The standard InChI is InChI=1S/C22H44N4O8/c1-14(5-4-6-25-7-8-26-9-11-31-12-10-26)32-21-22(30,13-27)34-19-16(24-3)17(28)15(23-2)18(29)20(19)33-21/h14-21,23-25,27-30H,4-13H2,1-3H3/t14-,15-,16+,17+,18+,19?,20?,21+,22+/m1/s1. The van der Waals surface area contributed by atoms with Gasteiger partial charge in [0.1, 0.15) is 24.9 Å². The van der Waals surface area contributed by atoms with Gasteiger partial charge in [-0.3, -0.25) is 4.90 Å². The molecule has 2 saturated heterocycles. The Bertz CT molecular complexity index is 601. The third-order valence-electron chi connectivity index (χ3n) is 7.03. The number of rotatable bonds is 12. The third kappa shape index (κ3) is 6.64. The summed E-state index contributed by atoms with van der Waals surface area (Å²) in [5, 5.41) is 51.5. The Hall–Kier alpha value is -0.480. The molecule has 3 fully saturated rings. The van der Waals surface area contributed by atoms with Gasteiger partial charge in [-0.2, -0.15) is 0 Å². The lowest BCUT2D eigenvalue weighted by molar-refractivity contribution is -0.434. The van der Waals surface area contributed by atoms with E-state index in [1.165, 1.54) is 0 Å². The Kier molecular flexibility index (Phi) is 10.9. The molecule has 200 valence electrons. The lowest BCUT2D eigenvalue weighted by atomic mass is 9.80. The van der Waals surface area contributed by atoms with E-state index in [4.69, 9.17) is 18.9 Å². The second-order valence-corrected chi connectivity index (χ2v) is 9.42. The predicted molar refractivity (Wildman–Crippen MR) is 123 cm³/mol. The van der Waals surface area contributed by atoms with Crippen LogP contribution >= 0.6 is 0 Å². The monoisotopic (exact) mass is 492 g/mol. The molecule has 2 heterocycles. The molecule has 0 spiro atoms. The highest BCUT2D eigenvalue weighted by Crippen LogP contribution is 2.37. The number of hydrogen-bond acceptors (Lipinski definition) is 12. The Balaban J connectivity index is 1.48. The summed E-state index contributed by atoms with van der Waals surface area (Å²) in [6.07, 6.45) is -3.86. The first-order chi connectivity index (χ1) is 16.3. The zero-order chi connectivity index (χ0) is 24.7. The summed E-state index contributed by atoms with van der Waals surface area (Å²) in [4.78, 5) is 2.38. The van der Waals surface area contributed by atoms with Crippen LogP contribution in [0.1, 0.15) is 19.8 Å². The zero-order valence-corrected chi connectivity index (χ0v) is 20.6. The Labute approximate surface area is 201 Å². The van der Waals surface area contributed by atoms with E-state index in [-0.39, 0.29) is 6.10 Å². The van der Waals surface area contributed by atoms with E-state index in [0.29, 0.717) is 6.42 Å². The lowest BCUT2D eigenvalue weighted by Gasteiger charge is -2.54. The van der Waals surface area contributed by atoms with Crippen molar-refractivity contribution in [2.75, 3.05) is 66.6 Å². The molecule has 3 aliphatic rings. The number of fused-ring (bicyclic) bond motifs is 1. The van der Waals surface area contributed by atoms with Crippen molar-refractivity contribution in [3.8, 4) is 0 Å². The molecule has 0 aromatic rings. The molecule has 12 nitrogen and oxygen atoms in total. The van der Waals surface area contributed by atoms with E-state index >= 15 is 0 Å². The maximum absolute atomic E-state index is 10.9. The molecule has 1 saturated carbocycles. The fourth-order valence-corrected chi connectivity index (χ4v) is 4.97. The molecule has 3 rings (SSSR count). The van der Waals surface area contributed by atoms with Gasteiger partial charge in [0.2, 0.25) is 12.1 Å². The second-order valence-electron chi connectivity index (χ2n) is 9.42. The van der Waals surface area contributed by atoms with Gasteiger partial charge in [0.25, 0.3) is 0 Å². The topological polar surface area (TPSA) is 157 Å². The molecular formula is C22H44N4O8. The Morgan fingerprint density at radius 1 is 1.06 bits per heavy atom. The maximum atomic E-state index is 10.9. The van der Waals surface area contributed by atoms with Gasteiger partial charge in [-0.1, -0.05) is 0 Å². The molecule has 7 N–H and O–H groups in total. The van der Waals surface area contributed by atoms with Gasteiger partial charge in [-0.15, -0.1) is 0 Å². The molecule has 9 atom stereocenters. The number of aliphatic hydroxyl groups excluding tert-OH is 3. The van der Waals surface area contributed by atoms with Crippen molar-refractivity contribution in [3.63, 3.8) is 0 Å². The molecule has 12 heteroatoms. The van der Waals surface area contributed by atoms with Crippen LogP contribution in [0, 0.1) is 0 Å². The summed E-state index contributed by atoms with van der Waals surface area (Å²) in [5.41, 5.74) is 0. The van der Waals surface area contributed by atoms with E-state index in [1.54, 1.807) is 14.1 Å². The number of ether oxygens (including phenoxy) is 4. The molecule has 0 aromatic heterocycles. The predicted octanol–water partition coefficient (Wildman–Crippen LogP) is -3.20. The van der Waals surface area contributed by atoms with Crippen molar-refractivity contribution >= 4 is 0 Å². The first-order valence-corrected chi connectivity index (χ1v) is 12.4. The van der Waals surface area contributed by atoms with Crippen molar-refractivity contribution in [2.24, 2.45) is 0 Å². The molecule has 2 unspecified atom stereocenters. The van der Waals surface area contributed by atoms with Crippen molar-refractivity contribution < 1.29 is 39.4 Å². The largest absolute Gasteiger partial charge is 0.391 e. The minimum atomic E-state index is -2.12. The number of nitrogens with zero attached hydrogens (tertiary/aromatic N) is 1. The van der Waals surface area contributed by atoms with E-state index in [1.807, 2.05) is 6.92 Å². The van der Waals surface area contributed by atoms with E-state index in [2.05, 4.69) is 20.9 Å². The molecule has 0 aromatic carbocycles. The normalized spacial score (nSPS) is 40.1. The average Bonchev–Trinajstić information content (AvgIpc) is 2.83. The van der Waals surface area contributed by atoms with Crippen molar-refractivity contribution in [1.82, 2.24) is 20.9 Å². The summed E-state index contributed by atoms with van der Waals surface area (Å²) < 4.78 is 23.1. The molecule has 2 aliphatic heterocycles. The van der Waals surface area contributed by atoms with Crippen molar-refractivity contribution in [3.05, 3.63) is 0 Å². The summed E-state index contributed by atoms with van der Waals surface area (Å²) >= 11 is 0. The van der Waals surface area contributed by atoms with Gasteiger partial charge in [0.15, 0.2) is 0 Å². The molecular weight excluding hydrogens is 448 g/mol. The number of morpholine rings is 1. The van der Waals surface area contributed by atoms with Gasteiger partial charge >= 0.3 is 0 Å². The van der Waals surface area contributed by atoms with Crippen LogP contribution in [0.3, 0.4) is 0 Å². The first kappa shape index (κ1) is 28.1. The van der Waals surface area contributed by atoms with Crippen molar-refractivity contribution in [2.45, 2.75) is 74.4 Å². The van der Waals surface area contributed by atoms with Crippen LogP contribution in [0.25, 0.3) is 0 Å². The summed E-state index contributed by atoms with van der Waals surface area (Å²) in [6.45, 7) is 7.40. The minimum absolute atomic E-state index is 0.282. The molecule has 0 radical (unpaired) electrons. The van der Waals surface area contributed by atoms with Gasteiger partial charge in [-0.25, -0.2) is 0 Å². The van der Waals surface area contributed by atoms with Crippen LogP contribution in [-0.4, -0.2) is 147 Å². The minimum Gasteiger partial charge on any atom is -0.391 e. The van der Waals surface area contributed by atoms with Crippen LogP contribution in [0.15, 0.2) is 0 Å². The Morgan fingerprint density at radius 2 is 1.76 bits per heavy atom. The average molecular weight is 493 g/mol. The van der Waals surface area contributed by atoms with E-state index in [9.17, 15) is 20.4 Å². The zero-order valence-electron chi connectivity index (χ0n) is 20.6. The summed E-state index contributed by atoms with van der Waals surface area (Å²) in [6, 6.07) is -1.30. The highest BCUT2D eigenvalue weighted by Gasteiger charge is 2.59. The van der Waals surface area contributed by atoms with Gasteiger partial charge in [0.05, 0.1) is 37.5 Å². The summed E-state index contributed by atoms with van der Waals surface area (Å²) in [5.74, 6) is -2.12. The maximum Gasteiger partial charge on any atom is 0.242 e. The molecule has 1 aliphatic carbocycles. The van der Waals surface area contributed by atoms with Crippen LogP contribution in [-0.2, 0) is 18.9 Å². The quantitative estimate of drug-likeness (QED) is 0.137. The molecule has 34 heavy (non-hydrogen) atoms. The van der Waals surface area contributed by atoms with Crippen LogP contribution in [0.5, 0.6) is 0 Å². The third-order valence-corrected chi connectivity index (χ3v) is 7.03. The number of nitrogens with one attached hydrogen (secondary N) is 3. The number of aliphatic hydroxyl groups is 4. The second kappa shape index (κ2) is 13.2. The van der Waals surface area contributed by atoms with Crippen LogP contribution in [0.4, 0.5) is 0 Å². The summed E-state index contributed by atoms with van der Waals surface area (Å²) in [7, 11) is 3.29. The highest BCUT2D eigenvalue weighted by molar-refractivity contribution is 5.08. The molecule has 0 amide bonds. The number of likely N-dealkylation sites (N-methyl/N-ethyl adjacent to an activating group) is 2. The van der Waals surface area contributed by atoms with E-state index < -0.39 is 55.2 Å². The smallest absolute Gasteiger partial charge is 0.242 e. The van der Waals surface area contributed by atoms with Crippen LogP contribution < -0.4 is 16.0 Å². The van der Waals surface area contributed by atoms with Crippen molar-refractivity contribution in [1.29, 1.82) is 0 Å². The highest BCUT2D eigenvalue weighted by atomic mass is 16.8. The number of hydrogen-bond donors (Lipinski definition) is 7. The first-order valence-electron chi connectivity index (χ1n) is 12.4. The van der Waals surface area contributed by atoms with Gasteiger partial charge < -0.3 is 55.3 Å². The fraction of sp³-hybridized carbons (Fsp3) is 1.00. The molecule has 0 bridgehead atoms. The van der Waals surface area contributed by atoms with Gasteiger partial charge in [0, 0.05) is 26.2 Å². The fourth-order valence-electron chi connectivity index (χ4n) is 4.97. The lowest BCUT2D eigenvalue weighted by Crippen LogP contribution is -2.76. The van der Waals surface area contributed by atoms with Gasteiger partial charge in [-0.05, 0) is 40.4 Å². The van der Waals surface area contributed by atoms with Crippen LogP contribution in [0.2, 0.25) is 0 Å². The Morgan fingerprint density at radius 3 is 2.41 bits per heavy atom. The van der Waals surface area contributed by atoms with E-state index in [0.717, 1.165) is 52.4 Å². The SMILES string of the molecule is CN[C@@H]1[C@H](O)[C@H](NC)C2O[C@@](O)(CO)[C@@H](O[C@H](C)CCCNCCN3CCOCC3)OC2[C@H]1O.